The largest absolute Gasteiger partial charge is 0.467 e. The van der Waals surface area contributed by atoms with Gasteiger partial charge in [-0.05, 0) is 17.7 Å². The number of methoxy groups -OCH3 is 1. The zero-order valence-corrected chi connectivity index (χ0v) is 16.3. The summed E-state index contributed by atoms with van der Waals surface area (Å²) < 4.78 is 10.2. The number of nitrogens with zero attached hydrogens (tertiary/aromatic N) is 2. The molecule has 0 bridgehead atoms. The normalized spacial score (nSPS) is 20.3. The predicted octanol–water partition coefficient (Wildman–Crippen LogP) is 2.24. The fraction of sp³-hybridized carbons (Fsp3) is 0.273. The summed E-state index contributed by atoms with van der Waals surface area (Å²) in [5, 5.41) is 0. The third-order valence-electron chi connectivity index (χ3n) is 5.38. The number of esters is 1. The van der Waals surface area contributed by atoms with Crippen LogP contribution in [0.2, 0.25) is 0 Å². The van der Waals surface area contributed by atoms with Gasteiger partial charge in [0.05, 0.1) is 24.3 Å². The van der Waals surface area contributed by atoms with Crippen molar-refractivity contribution in [3.05, 3.63) is 71.3 Å². The van der Waals surface area contributed by atoms with Gasteiger partial charge in [0.1, 0.15) is 12.6 Å². The van der Waals surface area contributed by atoms with E-state index in [2.05, 4.69) is 0 Å². The SMILES string of the molecule is COC(=O)C1CC(N2C(=O)c3ccccc3C2=O)CN1C(=O)OCc1ccccc1. The van der Waals surface area contributed by atoms with Crippen LogP contribution < -0.4 is 0 Å². The smallest absolute Gasteiger partial charge is 0.410 e. The Labute approximate surface area is 173 Å². The number of benzene rings is 2. The van der Waals surface area contributed by atoms with E-state index in [1.807, 2.05) is 30.3 Å². The van der Waals surface area contributed by atoms with E-state index in [0.717, 1.165) is 10.5 Å². The molecule has 0 spiro atoms. The van der Waals surface area contributed by atoms with Gasteiger partial charge in [0.2, 0.25) is 0 Å². The summed E-state index contributed by atoms with van der Waals surface area (Å²) in [5.41, 5.74) is 1.45. The Bertz CT molecular complexity index is 971. The van der Waals surface area contributed by atoms with Crippen LogP contribution in [-0.2, 0) is 20.9 Å². The van der Waals surface area contributed by atoms with Crippen LogP contribution in [0.3, 0.4) is 0 Å². The fourth-order valence-electron chi connectivity index (χ4n) is 3.90. The van der Waals surface area contributed by atoms with Gasteiger partial charge in [-0.15, -0.1) is 0 Å². The second kappa shape index (κ2) is 7.98. The topological polar surface area (TPSA) is 93.2 Å². The molecule has 0 saturated carbocycles. The van der Waals surface area contributed by atoms with Gasteiger partial charge in [0.15, 0.2) is 0 Å². The van der Waals surface area contributed by atoms with Gasteiger partial charge in [0, 0.05) is 13.0 Å². The number of hydrogen-bond donors (Lipinski definition) is 0. The molecule has 4 rings (SSSR count). The first-order valence-electron chi connectivity index (χ1n) is 9.53. The molecule has 2 unspecified atom stereocenters. The minimum atomic E-state index is -0.937. The number of rotatable bonds is 4. The van der Waals surface area contributed by atoms with E-state index in [1.165, 1.54) is 12.0 Å². The Hall–Kier alpha value is -3.68. The lowest BCUT2D eigenvalue weighted by Gasteiger charge is -2.23. The van der Waals surface area contributed by atoms with Crippen LogP contribution in [0.25, 0.3) is 0 Å². The third-order valence-corrected chi connectivity index (χ3v) is 5.38. The van der Waals surface area contributed by atoms with Gasteiger partial charge in [-0.1, -0.05) is 42.5 Å². The minimum Gasteiger partial charge on any atom is -0.467 e. The Kier molecular flexibility index (Phi) is 5.22. The van der Waals surface area contributed by atoms with Gasteiger partial charge < -0.3 is 9.47 Å². The van der Waals surface area contributed by atoms with E-state index in [1.54, 1.807) is 24.3 Å². The Morgan fingerprint density at radius 3 is 2.17 bits per heavy atom. The molecule has 2 aromatic rings. The van der Waals surface area contributed by atoms with Crippen LogP contribution in [0, 0.1) is 0 Å². The molecule has 0 radical (unpaired) electrons. The lowest BCUT2D eigenvalue weighted by atomic mass is 10.1. The molecule has 0 aromatic heterocycles. The first-order valence-corrected chi connectivity index (χ1v) is 9.53. The molecule has 1 fully saturated rings. The molecule has 2 aliphatic heterocycles. The Morgan fingerprint density at radius 2 is 1.57 bits per heavy atom. The van der Waals surface area contributed by atoms with E-state index in [9.17, 15) is 19.2 Å². The van der Waals surface area contributed by atoms with Gasteiger partial charge in [-0.2, -0.15) is 0 Å². The number of fused-ring (bicyclic) bond motifs is 1. The molecule has 30 heavy (non-hydrogen) atoms. The molecule has 1 saturated heterocycles. The van der Waals surface area contributed by atoms with Gasteiger partial charge in [-0.3, -0.25) is 19.4 Å². The number of ether oxygens (including phenoxy) is 2. The van der Waals surface area contributed by atoms with E-state index in [-0.39, 0.29) is 19.6 Å². The second-order valence-electron chi connectivity index (χ2n) is 7.15. The lowest BCUT2D eigenvalue weighted by molar-refractivity contribution is -0.145. The number of likely N-dealkylation sites (tertiary alicyclic amines) is 1. The molecular weight excluding hydrogens is 388 g/mol. The Morgan fingerprint density at radius 1 is 0.967 bits per heavy atom. The molecule has 2 aliphatic rings. The highest BCUT2D eigenvalue weighted by Crippen LogP contribution is 2.31. The second-order valence-corrected chi connectivity index (χ2v) is 7.15. The Balaban J connectivity index is 1.52. The van der Waals surface area contributed by atoms with Crippen LogP contribution in [0.15, 0.2) is 54.6 Å². The summed E-state index contributed by atoms with van der Waals surface area (Å²) in [5.74, 6) is -1.47. The molecule has 3 amide bonds. The average Bonchev–Trinajstić information content (AvgIpc) is 3.32. The molecular formula is C22H20N2O6. The number of amides is 3. The van der Waals surface area contributed by atoms with Gasteiger partial charge in [0.25, 0.3) is 11.8 Å². The third kappa shape index (κ3) is 3.41. The number of imide groups is 1. The standard InChI is InChI=1S/C22H20N2O6/c1-29-21(27)18-11-15(24-19(25)16-9-5-6-10-17(16)20(24)26)12-23(18)22(28)30-13-14-7-3-2-4-8-14/h2-10,15,18H,11-13H2,1H3. The zero-order valence-electron chi connectivity index (χ0n) is 16.3. The van der Waals surface area contributed by atoms with E-state index in [0.29, 0.717) is 11.1 Å². The van der Waals surface area contributed by atoms with Crippen molar-refractivity contribution in [1.82, 2.24) is 9.80 Å². The van der Waals surface area contributed by atoms with Crippen molar-refractivity contribution in [2.24, 2.45) is 0 Å². The molecule has 8 nitrogen and oxygen atoms in total. The first kappa shape index (κ1) is 19.6. The molecule has 8 heteroatoms. The number of carbonyl (C=O) groups excluding carboxylic acids is 4. The van der Waals surface area contributed by atoms with Crippen LogP contribution in [0.4, 0.5) is 4.79 Å². The van der Waals surface area contributed by atoms with Crippen molar-refractivity contribution in [2.75, 3.05) is 13.7 Å². The molecule has 2 aromatic carbocycles. The van der Waals surface area contributed by atoms with Crippen molar-refractivity contribution in [1.29, 1.82) is 0 Å². The molecule has 2 atom stereocenters. The lowest BCUT2D eigenvalue weighted by Crippen LogP contribution is -2.43. The van der Waals surface area contributed by atoms with Crippen LogP contribution in [0.5, 0.6) is 0 Å². The van der Waals surface area contributed by atoms with Crippen molar-refractivity contribution >= 4 is 23.9 Å². The van der Waals surface area contributed by atoms with Crippen molar-refractivity contribution in [2.45, 2.75) is 25.1 Å². The molecule has 2 heterocycles. The zero-order chi connectivity index (χ0) is 21.3. The van der Waals surface area contributed by atoms with E-state index in [4.69, 9.17) is 9.47 Å². The van der Waals surface area contributed by atoms with Crippen LogP contribution in [0.1, 0.15) is 32.7 Å². The maximum atomic E-state index is 12.8. The highest BCUT2D eigenvalue weighted by molar-refractivity contribution is 6.21. The fourth-order valence-corrected chi connectivity index (χ4v) is 3.90. The monoisotopic (exact) mass is 408 g/mol. The highest BCUT2D eigenvalue weighted by atomic mass is 16.6. The predicted molar refractivity (Wildman–Crippen MR) is 104 cm³/mol. The summed E-state index contributed by atoms with van der Waals surface area (Å²) in [6.07, 6.45) is -0.605. The first-order chi connectivity index (χ1) is 14.5. The maximum Gasteiger partial charge on any atom is 0.410 e. The van der Waals surface area contributed by atoms with E-state index >= 15 is 0 Å². The number of hydrogen-bond acceptors (Lipinski definition) is 6. The van der Waals surface area contributed by atoms with Crippen molar-refractivity contribution in [3.63, 3.8) is 0 Å². The summed E-state index contributed by atoms with van der Waals surface area (Å²) >= 11 is 0. The minimum absolute atomic E-state index is 0.00113. The van der Waals surface area contributed by atoms with Crippen molar-refractivity contribution in [3.8, 4) is 0 Å². The highest BCUT2D eigenvalue weighted by Gasteiger charge is 2.49. The van der Waals surface area contributed by atoms with Gasteiger partial charge >= 0.3 is 12.1 Å². The number of carbonyl (C=O) groups is 4. The van der Waals surface area contributed by atoms with Gasteiger partial charge in [-0.25, -0.2) is 9.59 Å². The van der Waals surface area contributed by atoms with Crippen LogP contribution >= 0.6 is 0 Å². The molecule has 0 N–H and O–H groups in total. The molecule has 0 aliphatic carbocycles. The van der Waals surface area contributed by atoms with Crippen molar-refractivity contribution < 1.29 is 28.7 Å². The average molecular weight is 408 g/mol. The molecule has 154 valence electrons. The summed E-state index contributed by atoms with van der Waals surface area (Å²) in [6, 6.07) is 14.1. The van der Waals surface area contributed by atoms with E-state index < -0.39 is 36.0 Å². The summed E-state index contributed by atoms with van der Waals surface area (Å²) in [6.45, 7) is 0.0423. The van der Waals surface area contributed by atoms with Crippen LogP contribution in [-0.4, -0.2) is 59.4 Å². The summed E-state index contributed by atoms with van der Waals surface area (Å²) in [7, 11) is 1.23. The summed E-state index contributed by atoms with van der Waals surface area (Å²) in [4.78, 5) is 52.9. The maximum absolute atomic E-state index is 12.8. The quantitative estimate of drug-likeness (QED) is 0.569.